The van der Waals surface area contributed by atoms with Crippen LogP contribution in [0.3, 0.4) is 0 Å². The Balaban J connectivity index is 1.19. The summed E-state index contributed by atoms with van der Waals surface area (Å²) in [6, 6.07) is 47.5. The van der Waals surface area contributed by atoms with E-state index in [1.807, 2.05) is 60.7 Å². The molecule has 2 heterocycles. The Morgan fingerprint density at radius 2 is 0.976 bits per heavy atom. The highest BCUT2D eigenvalue weighted by molar-refractivity contribution is 5.92. The lowest BCUT2D eigenvalue weighted by Crippen LogP contribution is -2.17. The van der Waals surface area contributed by atoms with Crippen molar-refractivity contribution in [3.8, 4) is 23.0 Å². The first kappa shape index (κ1) is 24.1. The summed E-state index contributed by atoms with van der Waals surface area (Å²) < 4.78 is 12.7. The minimum Gasteiger partial charge on any atom is -0.453 e. The number of anilines is 7. The van der Waals surface area contributed by atoms with Gasteiger partial charge in [0.25, 0.3) is 0 Å². The summed E-state index contributed by atoms with van der Waals surface area (Å²) in [7, 11) is 0. The largest absolute Gasteiger partial charge is 0.453 e. The molecule has 6 aromatic carbocycles. The fraction of sp³-hybridized carbons (Fsp3) is 0.0270. The minimum absolute atomic E-state index is 0.670. The Bertz CT molecular complexity index is 1940. The molecule has 0 atom stereocenters. The predicted molar refractivity (Wildman–Crippen MR) is 170 cm³/mol. The molecular formula is C37H27N3O2. The number of fused-ring (bicyclic) bond motifs is 4. The van der Waals surface area contributed by atoms with Crippen molar-refractivity contribution in [1.82, 2.24) is 0 Å². The van der Waals surface area contributed by atoms with E-state index in [-0.39, 0.29) is 0 Å². The number of ether oxygens (including phenoxy) is 2. The van der Waals surface area contributed by atoms with Crippen molar-refractivity contribution in [2.75, 3.05) is 15.5 Å². The van der Waals surface area contributed by atoms with Gasteiger partial charge in [-0.3, -0.25) is 0 Å². The SMILES string of the molecule is Nc1cccc2c1N(c1ccccc1)c1cc(Cc3ccc4c(c3)N(c3ccccc3)c3ccccc3O4)ccc1O2. The standard InChI is InChI=1S/C37H27N3O2/c38-29-14-9-17-36-37(29)40(28-12-5-2-6-13-28)32-24-26(19-21-35(32)42-36)22-25-18-20-34-31(23-25)39(27-10-3-1-4-11-27)30-15-7-8-16-33(30)41-34/h1-21,23-24H,22,38H2. The van der Waals surface area contributed by atoms with Crippen LogP contribution in [0.5, 0.6) is 23.0 Å². The van der Waals surface area contributed by atoms with E-state index in [4.69, 9.17) is 15.2 Å². The monoisotopic (exact) mass is 545 g/mol. The van der Waals surface area contributed by atoms with Crippen LogP contribution in [0.1, 0.15) is 11.1 Å². The Morgan fingerprint density at radius 3 is 1.67 bits per heavy atom. The average molecular weight is 546 g/mol. The lowest BCUT2D eigenvalue weighted by Gasteiger charge is -2.34. The molecule has 2 aliphatic rings. The first-order valence-electron chi connectivity index (χ1n) is 14.0. The Morgan fingerprint density at radius 1 is 0.452 bits per heavy atom. The lowest BCUT2D eigenvalue weighted by atomic mass is 10.0. The second-order valence-electron chi connectivity index (χ2n) is 10.5. The van der Waals surface area contributed by atoms with Crippen LogP contribution in [0.4, 0.5) is 39.8 Å². The Labute approximate surface area is 244 Å². The predicted octanol–water partition coefficient (Wildman–Crippen LogP) is 10.0. The highest BCUT2D eigenvalue weighted by atomic mass is 16.5. The van der Waals surface area contributed by atoms with Crippen LogP contribution >= 0.6 is 0 Å². The average Bonchev–Trinajstić information content (AvgIpc) is 3.04. The molecule has 0 aromatic heterocycles. The number of hydrogen-bond donors (Lipinski definition) is 1. The summed E-state index contributed by atoms with van der Waals surface area (Å²) in [6.45, 7) is 0. The zero-order chi connectivity index (χ0) is 28.0. The topological polar surface area (TPSA) is 51.0 Å². The molecule has 8 rings (SSSR count). The van der Waals surface area contributed by atoms with E-state index in [1.54, 1.807) is 0 Å². The summed E-state index contributed by atoms with van der Waals surface area (Å²) in [5.74, 6) is 3.22. The number of nitrogens with two attached hydrogens (primary N) is 1. The van der Waals surface area contributed by atoms with Crippen LogP contribution < -0.4 is 25.0 Å². The molecular weight excluding hydrogens is 518 g/mol. The minimum atomic E-state index is 0.670. The maximum atomic E-state index is 6.51. The molecule has 0 radical (unpaired) electrons. The number of hydrogen-bond acceptors (Lipinski definition) is 5. The van der Waals surface area contributed by atoms with Crippen molar-refractivity contribution in [1.29, 1.82) is 0 Å². The highest BCUT2D eigenvalue weighted by Gasteiger charge is 2.29. The molecule has 0 amide bonds. The van der Waals surface area contributed by atoms with Crippen LogP contribution in [0.25, 0.3) is 0 Å². The van der Waals surface area contributed by atoms with Gasteiger partial charge in [0.05, 0.1) is 22.7 Å². The summed E-state index contributed by atoms with van der Waals surface area (Å²) in [6.07, 6.45) is 0.741. The van der Waals surface area contributed by atoms with Crippen LogP contribution in [-0.2, 0) is 6.42 Å². The van der Waals surface area contributed by atoms with Gasteiger partial charge in [-0.15, -0.1) is 0 Å². The van der Waals surface area contributed by atoms with Crippen LogP contribution in [0.2, 0.25) is 0 Å². The third kappa shape index (κ3) is 4.02. The Kier molecular flexibility index (Phi) is 5.61. The van der Waals surface area contributed by atoms with Gasteiger partial charge in [-0.1, -0.05) is 66.7 Å². The molecule has 2 aliphatic heterocycles. The van der Waals surface area contributed by atoms with Crippen LogP contribution in [0.15, 0.2) is 140 Å². The van der Waals surface area contributed by atoms with Gasteiger partial charge in [-0.05, 0) is 90.3 Å². The molecule has 0 unspecified atom stereocenters. The van der Waals surface area contributed by atoms with E-state index in [1.165, 1.54) is 11.1 Å². The van der Waals surface area contributed by atoms with E-state index in [9.17, 15) is 0 Å². The van der Waals surface area contributed by atoms with E-state index >= 15 is 0 Å². The quantitative estimate of drug-likeness (QED) is 0.223. The summed E-state index contributed by atoms with van der Waals surface area (Å²) >= 11 is 0. The van der Waals surface area contributed by atoms with E-state index in [2.05, 4.69) is 88.7 Å². The lowest BCUT2D eigenvalue weighted by molar-refractivity contribution is 0.476. The van der Waals surface area contributed by atoms with E-state index in [0.717, 1.165) is 63.5 Å². The number of benzene rings is 6. The molecule has 0 saturated carbocycles. The van der Waals surface area contributed by atoms with Gasteiger partial charge in [-0.25, -0.2) is 0 Å². The van der Waals surface area contributed by atoms with Crippen LogP contribution in [-0.4, -0.2) is 0 Å². The second kappa shape index (κ2) is 9.75. The van der Waals surface area contributed by atoms with Crippen molar-refractivity contribution in [2.45, 2.75) is 6.42 Å². The summed E-state index contributed by atoms with van der Waals surface area (Å²) in [4.78, 5) is 4.47. The van der Waals surface area contributed by atoms with Crippen molar-refractivity contribution < 1.29 is 9.47 Å². The molecule has 2 N–H and O–H groups in total. The molecule has 5 nitrogen and oxygen atoms in total. The summed E-state index contributed by atoms with van der Waals surface area (Å²) in [5, 5.41) is 0. The molecule has 0 fully saturated rings. The molecule has 6 aromatic rings. The molecule has 42 heavy (non-hydrogen) atoms. The maximum Gasteiger partial charge on any atom is 0.153 e. The fourth-order valence-corrected chi connectivity index (χ4v) is 5.88. The number of rotatable bonds is 4. The zero-order valence-electron chi connectivity index (χ0n) is 22.8. The molecule has 0 aliphatic carbocycles. The zero-order valence-corrected chi connectivity index (χ0v) is 22.8. The fourth-order valence-electron chi connectivity index (χ4n) is 5.88. The van der Waals surface area contributed by atoms with Crippen molar-refractivity contribution >= 4 is 39.8 Å². The van der Waals surface area contributed by atoms with Gasteiger partial charge in [0.1, 0.15) is 5.69 Å². The van der Waals surface area contributed by atoms with Gasteiger partial charge in [0, 0.05) is 11.4 Å². The first-order chi connectivity index (χ1) is 20.7. The second-order valence-corrected chi connectivity index (χ2v) is 10.5. The third-order valence-electron chi connectivity index (χ3n) is 7.77. The van der Waals surface area contributed by atoms with Gasteiger partial charge < -0.3 is 25.0 Å². The van der Waals surface area contributed by atoms with E-state index in [0.29, 0.717) is 5.69 Å². The number of para-hydroxylation sites is 5. The number of nitrogen functional groups attached to an aromatic ring is 1. The van der Waals surface area contributed by atoms with Crippen LogP contribution in [0, 0.1) is 0 Å². The van der Waals surface area contributed by atoms with Crippen molar-refractivity contribution in [3.63, 3.8) is 0 Å². The maximum absolute atomic E-state index is 6.51. The van der Waals surface area contributed by atoms with Gasteiger partial charge in [0.15, 0.2) is 23.0 Å². The highest BCUT2D eigenvalue weighted by Crippen LogP contribution is 2.53. The first-order valence-corrected chi connectivity index (χ1v) is 14.0. The molecule has 0 bridgehead atoms. The third-order valence-corrected chi connectivity index (χ3v) is 7.77. The molecule has 0 spiro atoms. The number of nitrogens with zero attached hydrogens (tertiary/aromatic N) is 2. The van der Waals surface area contributed by atoms with Crippen molar-refractivity contribution in [2.24, 2.45) is 0 Å². The van der Waals surface area contributed by atoms with Crippen molar-refractivity contribution in [3.05, 3.63) is 151 Å². The smallest absolute Gasteiger partial charge is 0.153 e. The van der Waals surface area contributed by atoms with Gasteiger partial charge in [-0.2, -0.15) is 0 Å². The summed E-state index contributed by atoms with van der Waals surface area (Å²) in [5.41, 5.74) is 15.5. The van der Waals surface area contributed by atoms with Gasteiger partial charge in [0.2, 0.25) is 0 Å². The van der Waals surface area contributed by atoms with Gasteiger partial charge >= 0.3 is 0 Å². The molecule has 5 heteroatoms. The Hall–Kier alpha value is -5.68. The molecule has 202 valence electrons. The van der Waals surface area contributed by atoms with E-state index < -0.39 is 0 Å². The normalized spacial score (nSPS) is 12.8. The molecule has 0 saturated heterocycles.